The van der Waals surface area contributed by atoms with Crippen molar-refractivity contribution in [2.45, 2.75) is 25.1 Å². The van der Waals surface area contributed by atoms with E-state index in [9.17, 15) is 13.2 Å². The highest BCUT2D eigenvalue weighted by Crippen LogP contribution is 2.30. The molecule has 1 unspecified atom stereocenters. The second-order valence-corrected chi connectivity index (χ2v) is 6.85. The molecule has 1 atom stereocenters. The number of alkyl halides is 3. The highest BCUT2D eigenvalue weighted by Gasteiger charge is 2.33. The predicted molar refractivity (Wildman–Crippen MR) is 89.5 cm³/mol. The molecule has 0 amide bonds. The fraction of sp³-hybridized carbons (Fsp3) is 0.533. The average molecular weight is 372 g/mol. The standard InChI is InChI=1S/C15H19F3N6S/c1-19-14(20-6-13-22-12(9-25-13)15(16,17)18)24-4-3-10(8-24)11-5-21-23(2)7-11/h5,7,9-10H,3-4,6,8H2,1-2H3,(H,19,20). The lowest BCUT2D eigenvalue weighted by Gasteiger charge is -2.21. The van der Waals surface area contributed by atoms with Crippen LogP contribution in [0.4, 0.5) is 13.2 Å². The SMILES string of the molecule is CN=C(NCc1nc(C(F)(F)F)cs1)N1CCC(c2cnn(C)c2)C1. The van der Waals surface area contributed by atoms with Gasteiger partial charge in [-0.3, -0.25) is 9.67 Å². The van der Waals surface area contributed by atoms with Crippen molar-refractivity contribution in [3.05, 3.63) is 34.0 Å². The molecule has 1 fully saturated rings. The summed E-state index contributed by atoms with van der Waals surface area (Å²) < 4.78 is 39.6. The molecular formula is C15H19F3N6S. The number of rotatable bonds is 3. The lowest BCUT2D eigenvalue weighted by Crippen LogP contribution is -2.39. The molecule has 0 radical (unpaired) electrons. The molecule has 3 rings (SSSR count). The van der Waals surface area contributed by atoms with E-state index in [1.54, 1.807) is 11.7 Å². The van der Waals surface area contributed by atoms with Crippen molar-refractivity contribution < 1.29 is 13.2 Å². The van der Waals surface area contributed by atoms with E-state index in [1.807, 2.05) is 19.4 Å². The van der Waals surface area contributed by atoms with E-state index in [2.05, 4.69) is 25.3 Å². The Morgan fingerprint density at radius 1 is 1.48 bits per heavy atom. The summed E-state index contributed by atoms with van der Waals surface area (Å²) in [5, 5.41) is 8.73. The number of guanidine groups is 1. The molecule has 0 saturated carbocycles. The quantitative estimate of drug-likeness (QED) is 0.664. The summed E-state index contributed by atoms with van der Waals surface area (Å²) in [6.45, 7) is 1.86. The minimum atomic E-state index is -4.40. The van der Waals surface area contributed by atoms with Gasteiger partial charge in [0.05, 0.1) is 12.7 Å². The fourth-order valence-electron chi connectivity index (χ4n) is 2.88. The first-order valence-electron chi connectivity index (χ1n) is 7.82. The lowest BCUT2D eigenvalue weighted by molar-refractivity contribution is -0.140. The van der Waals surface area contributed by atoms with E-state index >= 15 is 0 Å². The van der Waals surface area contributed by atoms with Gasteiger partial charge in [-0.2, -0.15) is 18.3 Å². The molecule has 2 aromatic heterocycles. The van der Waals surface area contributed by atoms with Crippen LogP contribution in [0, 0.1) is 0 Å². The van der Waals surface area contributed by atoms with Crippen molar-refractivity contribution in [2.24, 2.45) is 12.0 Å². The van der Waals surface area contributed by atoms with Crippen LogP contribution in [0.2, 0.25) is 0 Å². The first-order chi connectivity index (χ1) is 11.9. The molecule has 3 heterocycles. The number of thiazole rings is 1. The summed E-state index contributed by atoms with van der Waals surface area (Å²) in [6.07, 6.45) is 0.474. The Hall–Kier alpha value is -2.10. The zero-order valence-corrected chi connectivity index (χ0v) is 14.7. The van der Waals surface area contributed by atoms with E-state index < -0.39 is 11.9 Å². The second-order valence-electron chi connectivity index (χ2n) is 5.90. The number of aromatic nitrogens is 3. The molecule has 1 aliphatic rings. The van der Waals surface area contributed by atoms with E-state index in [1.165, 1.54) is 5.56 Å². The van der Waals surface area contributed by atoms with Crippen LogP contribution in [-0.2, 0) is 19.8 Å². The third-order valence-electron chi connectivity index (χ3n) is 4.14. The summed E-state index contributed by atoms with van der Waals surface area (Å²) in [5.74, 6) is 1.05. The van der Waals surface area contributed by atoms with E-state index in [0.717, 1.165) is 36.2 Å². The van der Waals surface area contributed by atoms with Crippen molar-refractivity contribution in [1.82, 2.24) is 25.0 Å². The molecule has 0 bridgehead atoms. The Morgan fingerprint density at radius 3 is 2.88 bits per heavy atom. The highest BCUT2D eigenvalue weighted by molar-refractivity contribution is 7.09. The minimum absolute atomic E-state index is 0.224. The van der Waals surface area contributed by atoms with Gasteiger partial charge < -0.3 is 10.2 Å². The van der Waals surface area contributed by atoms with Crippen LogP contribution in [0.1, 0.15) is 28.6 Å². The molecule has 0 spiro atoms. The van der Waals surface area contributed by atoms with Crippen LogP contribution in [0.3, 0.4) is 0 Å². The minimum Gasteiger partial charge on any atom is -0.350 e. The summed E-state index contributed by atoms with van der Waals surface area (Å²) in [5.41, 5.74) is 0.345. The molecule has 1 N–H and O–H groups in total. The van der Waals surface area contributed by atoms with Gasteiger partial charge in [-0.1, -0.05) is 0 Å². The average Bonchev–Trinajstić information content (AvgIpc) is 3.26. The summed E-state index contributed by atoms with van der Waals surface area (Å²) in [6, 6.07) is 0. The van der Waals surface area contributed by atoms with Crippen LogP contribution >= 0.6 is 11.3 Å². The van der Waals surface area contributed by atoms with Gasteiger partial charge in [-0.05, 0) is 12.0 Å². The summed E-state index contributed by atoms with van der Waals surface area (Å²) in [7, 11) is 3.56. The molecule has 1 saturated heterocycles. The number of nitrogens with zero attached hydrogens (tertiary/aromatic N) is 5. The normalized spacial score (nSPS) is 18.8. The Bertz CT molecular complexity index is 751. The Morgan fingerprint density at radius 2 is 2.28 bits per heavy atom. The molecule has 10 heteroatoms. The smallest absolute Gasteiger partial charge is 0.350 e. The molecule has 1 aliphatic heterocycles. The molecule has 0 aliphatic carbocycles. The highest BCUT2D eigenvalue weighted by atomic mass is 32.1. The van der Waals surface area contributed by atoms with Gasteiger partial charge in [-0.25, -0.2) is 4.98 Å². The first kappa shape index (κ1) is 17.7. The van der Waals surface area contributed by atoms with Gasteiger partial charge in [0, 0.05) is 44.7 Å². The maximum Gasteiger partial charge on any atom is 0.434 e. The number of halogens is 3. The van der Waals surface area contributed by atoms with E-state index in [4.69, 9.17) is 0 Å². The maximum atomic E-state index is 12.6. The molecule has 0 aromatic carbocycles. The number of nitrogens with one attached hydrogen (secondary N) is 1. The monoisotopic (exact) mass is 372 g/mol. The van der Waals surface area contributed by atoms with Crippen molar-refractivity contribution in [3.63, 3.8) is 0 Å². The van der Waals surface area contributed by atoms with Crippen molar-refractivity contribution in [3.8, 4) is 0 Å². The van der Waals surface area contributed by atoms with Gasteiger partial charge in [0.25, 0.3) is 0 Å². The Labute approximate surface area is 147 Å². The van der Waals surface area contributed by atoms with Crippen LogP contribution < -0.4 is 5.32 Å². The third kappa shape index (κ3) is 4.12. The molecule has 25 heavy (non-hydrogen) atoms. The first-order valence-corrected chi connectivity index (χ1v) is 8.70. The number of hydrogen-bond donors (Lipinski definition) is 1. The number of aryl methyl sites for hydroxylation is 1. The Balaban J connectivity index is 1.57. The van der Waals surface area contributed by atoms with E-state index in [-0.39, 0.29) is 6.54 Å². The zero-order valence-electron chi connectivity index (χ0n) is 13.9. The maximum absolute atomic E-state index is 12.6. The van der Waals surface area contributed by atoms with Crippen LogP contribution in [0.15, 0.2) is 22.8 Å². The lowest BCUT2D eigenvalue weighted by atomic mass is 10.0. The van der Waals surface area contributed by atoms with Gasteiger partial charge >= 0.3 is 6.18 Å². The summed E-state index contributed by atoms with van der Waals surface area (Å²) >= 11 is 0.993. The van der Waals surface area contributed by atoms with Gasteiger partial charge in [0.1, 0.15) is 5.01 Å². The van der Waals surface area contributed by atoms with Crippen LogP contribution in [0.25, 0.3) is 0 Å². The molecule has 6 nitrogen and oxygen atoms in total. The van der Waals surface area contributed by atoms with Crippen LogP contribution in [0.5, 0.6) is 0 Å². The molecule has 136 valence electrons. The largest absolute Gasteiger partial charge is 0.434 e. The fourth-order valence-corrected chi connectivity index (χ4v) is 3.63. The third-order valence-corrected chi connectivity index (χ3v) is 4.98. The van der Waals surface area contributed by atoms with Gasteiger partial charge in [0.2, 0.25) is 0 Å². The van der Waals surface area contributed by atoms with Gasteiger partial charge in [-0.15, -0.1) is 11.3 Å². The number of aliphatic imine (C=N–C) groups is 1. The summed E-state index contributed by atoms with van der Waals surface area (Å²) in [4.78, 5) is 9.97. The molecular weight excluding hydrogens is 353 g/mol. The topological polar surface area (TPSA) is 58.3 Å². The van der Waals surface area contributed by atoms with Crippen molar-refractivity contribution in [1.29, 1.82) is 0 Å². The van der Waals surface area contributed by atoms with Gasteiger partial charge in [0.15, 0.2) is 11.7 Å². The van der Waals surface area contributed by atoms with E-state index in [0.29, 0.717) is 16.9 Å². The van der Waals surface area contributed by atoms with Crippen molar-refractivity contribution >= 4 is 17.3 Å². The zero-order chi connectivity index (χ0) is 18.0. The number of hydrogen-bond acceptors (Lipinski definition) is 4. The second kappa shape index (κ2) is 7.03. The number of likely N-dealkylation sites (tertiary alicyclic amines) is 1. The molecule has 2 aromatic rings. The van der Waals surface area contributed by atoms with Crippen molar-refractivity contribution in [2.75, 3.05) is 20.1 Å². The predicted octanol–water partition coefficient (Wildman–Crippen LogP) is 2.46. The van der Waals surface area contributed by atoms with Crippen LogP contribution in [-0.4, -0.2) is 45.8 Å². The Kier molecular flexibility index (Phi) is 4.98.